The van der Waals surface area contributed by atoms with Crippen LogP contribution in [-0.4, -0.2) is 29.8 Å². The van der Waals surface area contributed by atoms with Crippen LogP contribution in [0.5, 0.6) is 0 Å². The average Bonchev–Trinajstić information content (AvgIpc) is 3.02. The van der Waals surface area contributed by atoms with Gasteiger partial charge in [0.1, 0.15) is 5.82 Å². The van der Waals surface area contributed by atoms with Crippen LogP contribution in [-0.2, 0) is 16.0 Å². The summed E-state index contributed by atoms with van der Waals surface area (Å²) in [5, 5.41) is 3.02. The Morgan fingerprint density at radius 2 is 2.29 bits per heavy atom. The molecule has 4 nitrogen and oxygen atoms in total. The Morgan fingerprint density at radius 3 is 3.00 bits per heavy atom. The molecule has 3 rings (SSSR count). The maximum absolute atomic E-state index is 13.2. The lowest BCUT2D eigenvalue weighted by Gasteiger charge is -2.18. The third kappa shape index (κ3) is 2.64. The molecule has 2 unspecified atom stereocenters. The van der Waals surface area contributed by atoms with Crippen molar-refractivity contribution in [1.82, 2.24) is 10.2 Å². The fourth-order valence-electron chi connectivity index (χ4n) is 3.28. The molecule has 112 valence electrons. The van der Waals surface area contributed by atoms with Crippen LogP contribution in [0.1, 0.15) is 36.9 Å². The number of rotatable bonds is 3. The van der Waals surface area contributed by atoms with E-state index in [-0.39, 0.29) is 29.6 Å². The maximum Gasteiger partial charge on any atom is 0.225 e. The van der Waals surface area contributed by atoms with Gasteiger partial charge in [0.15, 0.2) is 0 Å². The molecule has 1 N–H and O–H groups in total. The number of fused-ring (bicyclic) bond motifs is 1. The van der Waals surface area contributed by atoms with E-state index in [1.54, 1.807) is 17.0 Å². The number of carbonyl (C=O) groups excluding carboxylic acids is 2. The first-order chi connectivity index (χ1) is 10.1. The third-order valence-electron chi connectivity index (χ3n) is 4.47. The van der Waals surface area contributed by atoms with E-state index in [1.807, 2.05) is 6.92 Å². The van der Waals surface area contributed by atoms with Crippen molar-refractivity contribution in [2.75, 3.05) is 13.1 Å². The SMILES string of the molecule is CCN1CC(C(=O)NC2CCc3cc(F)ccc32)CC1=O. The first-order valence-corrected chi connectivity index (χ1v) is 7.45. The summed E-state index contributed by atoms with van der Waals surface area (Å²) in [6.07, 6.45) is 1.87. The normalized spacial score (nSPS) is 24.3. The molecule has 2 atom stereocenters. The second kappa shape index (κ2) is 5.47. The number of amides is 2. The summed E-state index contributed by atoms with van der Waals surface area (Å²) in [6, 6.07) is 4.67. The molecule has 0 bridgehead atoms. The molecule has 1 heterocycles. The van der Waals surface area contributed by atoms with Crippen LogP contribution in [0.3, 0.4) is 0 Å². The minimum atomic E-state index is -0.262. The van der Waals surface area contributed by atoms with Gasteiger partial charge in [-0.2, -0.15) is 0 Å². The molecule has 1 aliphatic carbocycles. The second-order valence-electron chi connectivity index (χ2n) is 5.78. The lowest BCUT2D eigenvalue weighted by atomic mass is 10.0. The van der Waals surface area contributed by atoms with Gasteiger partial charge in [-0.15, -0.1) is 0 Å². The molecule has 1 fully saturated rings. The number of nitrogens with one attached hydrogen (secondary N) is 1. The summed E-state index contributed by atoms with van der Waals surface area (Å²) in [6.45, 7) is 3.07. The Morgan fingerprint density at radius 1 is 1.48 bits per heavy atom. The molecule has 2 amide bonds. The molecule has 0 saturated carbocycles. The van der Waals surface area contributed by atoms with Gasteiger partial charge in [0.05, 0.1) is 12.0 Å². The van der Waals surface area contributed by atoms with Crippen LogP contribution in [0.15, 0.2) is 18.2 Å². The molecular formula is C16H19FN2O2. The van der Waals surface area contributed by atoms with Gasteiger partial charge in [-0.3, -0.25) is 9.59 Å². The number of nitrogens with zero attached hydrogens (tertiary/aromatic N) is 1. The van der Waals surface area contributed by atoms with Crippen LogP contribution in [0.4, 0.5) is 4.39 Å². The molecule has 2 aliphatic rings. The molecule has 1 aromatic carbocycles. The van der Waals surface area contributed by atoms with Crippen molar-refractivity contribution < 1.29 is 14.0 Å². The number of likely N-dealkylation sites (tertiary alicyclic amines) is 1. The van der Waals surface area contributed by atoms with Crippen molar-refractivity contribution in [3.8, 4) is 0 Å². The van der Waals surface area contributed by atoms with Crippen LogP contribution in [0, 0.1) is 11.7 Å². The average molecular weight is 290 g/mol. The maximum atomic E-state index is 13.2. The van der Waals surface area contributed by atoms with E-state index in [2.05, 4.69) is 5.32 Å². The van der Waals surface area contributed by atoms with Gasteiger partial charge >= 0.3 is 0 Å². The minimum absolute atomic E-state index is 0.0477. The van der Waals surface area contributed by atoms with E-state index >= 15 is 0 Å². The molecule has 0 spiro atoms. The molecule has 5 heteroatoms. The van der Waals surface area contributed by atoms with E-state index in [4.69, 9.17) is 0 Å². The van der Waals surface area contributed by atoms with Gasteiger partial charge < -0.3 is 10.2 Å². The predicted molar refractivity (Wildman–Crippen MR) is 76.0 cm³/mol. The number of aryl methyl sites for hydroxylation is 1. The van der Waals surface area contributed by atoms with Crippen molar-refractivity contribution in [2.24, 2.45) is 5.92 Å². The molecule has 0 radical (unpaired) electrons. The molecular weight excluding hydrogens is 271 g/mol. The third-order valence-corrected chi connectivity index (χ3v) is 4.47. The molecule has 0 aromatic heterocycles. The Bertz CT molecular complexity index is 588. The lowest BCUT2D eigenvalue weighted by molar-refractivity contribution is -0.129. The number of benzene rings is 1. The summed E-state index contributed by atoms with van der Waals surface area (Å²) in [5.74, 6) is -0.518. The number of hydrogen-bond donors (Lipinski definition) is 1. The van der Waals surface area contributed by atoms with E-state index in [1.165, 1.54) is 6.07 Å². The fraction of sp³-hybridized carbons (Fsp3) is 0.500. The summed E-state index contributed by atoms with van der Waals surface area (Å²) in [4.78, 5) is 25.7. The number of halogens is 1. The zero-order valence-electron chi connectivity index (χ0n) is 12.1. The highest BCUT2D eigenvalue weighted by atomic mass is 19.1. The quantitative estimate of drug-likeness (QED) is 0.923. The first kappa shape index (κ1) is 14.0. The summed E-state index contributed by atoms with van der Waals surface area (Å²) < 4.78 is 13.2. The second-order valence-corrected chi connectivity index (χ2v) is 5.78. The topological polar surface area (TPSA) is 49.4 Å². The van der Waals surface area contributed by atoms with Gasteiger partial charge in [-0.1, -0.05) is 6.07 Å². The molecule has 1 aromatic rings. The molecule has 1 aliphatic heterocycles. The van der Waals surface area contributed by atoms with E-state index < -0.39 is 0 Å². The summed E-state index contributed by atoms with van der Waals surface area (Å²) in [5.41, 5.74) is 1.97. The zero-order valence-corrected chi connectivity index (χ0v) is 12.1. The van der Waals surface area contributed by atoms with Crippen LogP contribution < -0.4 is 5.32 Å². The minimum Gasteiger partial charge on any atom is -0.349 e. The summed E-state index contributed by atoms with van der Waals surface area (Å²) in [7, 11) is 0. The van der Waals surface area contributed by atoms with E-state index in [9.17, 15) is 14.0 Å². The number of carbonyl (C=O) groups is 2. The molecule has 21 heavy (non-hydrogen) atoms. The monoisotopic (exact) mass is 290 g/mol. The fourth-order valence-corrected chi connectivity index (χ4v) is 3.28. The smallest absolute Gasteiger partial charge is 0.225 e. The van der Waals surface area contributed by atoms with Crippen LogP contribution in [0.2, 0.25) is 0 Å². The van der Waals surface area contributed by atoms with Crippen molar-refractivity contribution in [3.05, 3.63) is 35.1 Å². The Hall–Kier alpha value is -1.91. The standard InChI is InChI=1S/C16H19FN2O2/c1-2-19-9-11(8-15(19)20)16(21)18-14-6-3-10-7-12(17)4-5-13(10)14/h4-5,7,11,14H,2-3,6,8-9H2,1H3,(H,18,21). The van der Waals surface area contributed by atoms with Gasteiger partial charge in [0.2, 0.25) is 11.8 Å². The van der Waals surface area contributed by atoms with Crippen molar-refractivity contribution in [3.63, 3.8) is 0 Å². The zero-order chi connectivity index (χ0) is 15.0. The van der Waals surface area contributed by atoms with Crippen molar-refractivity contribution in [2.45, 2.75) is 32.2 Å². The largest absolute Gasteiger partial charge is 0.349 e. The van der Waals surface area contributed by atoms with Gasteiger partial charge in [0, 0.05) is 19.5 Å². The highest BCUT2D eigenvalue weighted by molar-refractivity contribution is 5.89. The summed E-state index contributed by atoms with van der Waals surface area (Å²) >= 11 is 0. The van der Waals surface area contributed by atoms with E-state index in [0.717, 1.165) is 24.0 Å². The highest BCUT2D eigenvalue weighted by Gasteiger charge is 2.35. The first-order valence-electron chi connectivity index (χ1n) is 7.45. The predicted octanol–water partition coefficient (Wildman–Crippen LogP) is 1.80. The van der Waals surface area contributed by atoms with Crippen LogP contribution in [0.25, 0.3) is 0 Å². The Balaban J connectivity index is 1.66. The van der Waals surface area contributed by atoms with Gasteiger partial charge in [0.25, 0.3) is 0 Å². The lowest BCUT2D eigenvalue weighted by Crippen LogP contribution is -2.34. The highest BCUT2D eigenvalue weighted by Crippen LogP contribution is 2.32. The molecule has 1 saturated heterocycles. The Kier molecular flexibility index (Phi) is 3.66. The Labute approximate surface area is 123 Å². The number of hydrogen-bond acceptors (Lipinski definition) is 2. The van der Waals surface area contributed by atoms with Crippen LogP contribution >= 0.6 is 0 Å². The van der Waals surface area contributed by atoms with Gasteiger partial charge in [-0.05, 0) is 43.0 Å². The van der Waals surface area contributed by atoms with Gasteiger partial charge in [-0.25, -0.2) is 4.39 Å². The van der Waals surface area contributed by atoms with E-state index in [0.29, 0.717) is 19.5 Å². The van der Waals surface area contributed by atoms with Crippen molar-refractivity contribution >= 4 is 11.8 Å². The van der Waals surface area contributed by atoms with Crippen molar-refractivity contribution in [1.29, 1.82) is 0 Å².